The van der Waals surface area contributed by atoms with Crippen LogP contribution < -0.4 is 5.32 Å². The van der Waals surface area contributed by atoms with Crippen LogP contribution in [0.4, 0.5) is 0 Å². The van der Waals surface area contributed by atoms with Gasteiger partial charge in [-0.1, -0.05) is 42.1 Å². The molecule has 3 N–H and O–H groups in total. The number of aliphatic hydroxyl groups excluding tert-OH is 2. The molecule has 1 aromatic carbocycles. The third-order valence-electron chi connectivity index (χ3n) is 4.44. The van der Waals surface area contributed by atoms with Gasteiger partial charge in [0.2, 0.25) is 0 Å². The summed E-state index contributed by atoms with van der Waals surface area (Å²) in [5, 5.41) is 24.4. The normalized spacial score (nSPS) is 31.3. The van der Waals surface area contributed by atoms with E-state index in [1.54, 1.807) is 0 Å². The first-order valence-electron chi connectivity index (χ1n) is 8.66. The van der Waals surface area contributed by atoms with Crippen molar-refractivity contribution in [1.82, 2.24) is 5.32 Å². The molecule has 5 atom stereocenters. The molecule has 0 unspecified atom stereocenters. The first kappa shape index (κ1) is 18.4. The first-order chi connectivity index (χ1) is 12.1. The molecule has 7 heteroatoms. The van der Waals surface area contributed by atoms with E-state index in [1.165, 1.54) is 17.3 Å². The van der Waals surface area contributed by atoms with Gasteiger partial charge in [0.1, 0.15) is 29.8 Å². The monoisotopic (exact) mass is 364 g/mol. The van der Waals surface area contributed by atoms with Gasteiger partial charge in [0.05, 0.1) is 0 Å². The largest absolute Gasteiger partial charge is 0.388 e. The van der Waals surface area contributed by atoms with Crippen molar-refractivity contribution in [2.75, 3.05) is 6.54 Å². The van der Waals surface area contributed by atoms with Crippen molar-refractivity contribution in [3.63, 3.8) is 0 Å². The number of amidine groups is 1. The van der Waals surface area contributed by atoms with E-state index >= 15 is 0 Å². The van der Waals surface area contributed by atoms with Gasteiger partial charge in [0, 0.05) is 13.0 Å². The van der Waals surface area contributed by atoms with Crippen LogP contribution in [0.15, 0.2) is 35.3 Å². The average molecular weight is 364 g/mol. The molecule has 1 fully saturated rings. The summed E-state index contributed by atoms with van der Waals surface area (Å²) in [6.45, 7) is 2.67. The van der Waals surface area contributed by atoms with E-state index in [1.807, 2.05) is 37.3 Å². The number of hydrogen-bond donors (Lipinski definition) is 3. The summed E-state index contributed by atoms with van der Waals surface area (Å²) in [5.74, 6) is -0.168. The van der Waals surface area contributed by atoms with Crippen molar-refractivity contribution in [1.29, 1.82) is 0 Å². The number of rotatable bonds is 6. The number of ketones is 1. The second-order valence-electron chi connectivity index (χ2n) is 6.28. The second kappa shape index (κ2) is 8.31. The fraction of sp³-hybridized carbons (Fsp3) is 0.556. The van der Waals surface area contributed by atoms with E-state index in [0.717, 1.165) is 6.42 Å². The highest BCUT2D eigenvalue weighted by atomic mass is 32.2. The summed E-state index contributed by atoms with van der Waals surface area (Å²) in [6.07, 6.45) is -1.53. The Balaban J connectivity index is 1.55. The minimum Gasteiger partial charge on any atom is -0.388 e. The van der Waals surface area contributed by atoms with E-state index in [0.29, 0.717) is 24.6 Å². The predicted molar refractivity (Wildman–Crippen MR) is 97.6 cm³/mol. The Morgan fingerprint density at radius 2 is 2.04 bits per heavy atom. The lowest BCUT2D eigenvalue weighted by Crippen LogP contribution is -2.57. The van der Waals surface area contributed by atoms with Crippen LogP contribution in [0.5, 0.6) is 0 Å². The van der Waals surface area contributed by atoms with E-state index in [-0.39, 0.29) is 5.78 Å². The first-order valence-corrected chi connectivity index (χ1v) is 9.54. The molecule has 1 aromatic rings. The van der Waals surface area contributed by atoms with Gasteiger partial charge >= 0.3 is 0 Å². The summed E-state index contributed by atoms with van der Waals surface area (Å²) in [7, 11) is 0. The zero-order valence-corrected chi connectivity index (χ0v) is 15.0. The number of thioether (sulfide) groups is 1. The number of aryl methyl sites for hydroxylation is 1. The lowest BCUT2D eigenvalue weighted by molar-refractivity contribution is -0.169. The number of aliphatic imine (C=N–C) groups is 1. The van der Waals surface area contributed by atoms with Crippen molar-refractivity contribution >= 4 is 22.7 Å². The molecular weight excluding hydrogens is 340 g/mol. The standard InChI is InChI=1S/C18H24N2O4S/c1-2-19-18-20-13-14(22)15(23)16(24-17(13)25-18)12(21)10-6-9-11-7-4-3-5-8-11/h3-5,7-8,13-17,22-23H,2,6,9-10H2,1H3,(H,19,20)/t13-,14-,15+,16-,17-/m1/s1. The van der Waals surface area contributed by atoms with E-state index in [4.69, 9.17) is 4.74 Å². The smallest absolute Gasteiger partial charge is 0.164 e. The Morgan fingerprint density at radius 1 is 1.28 bits per heavy atom. The fourth-order valence-electron chi connectivity index (χ4n) is 3.12. The molecule has 0 amide bonds. The lowest BCUT2D eigenvalue weighted by atomic mass is 9.93. The second-order valence-corrected chi connectivity index (χ2v) is 7.37. The minimum absolute atomic E-state index is 0.168. The number of Topliss-reactive ketones (excluding diaryl/α,β-unsaturated/α-hetero) is 1. The van der Waals surface area contributed by atoms with Gasteiger partial charge in [-0.05, 0) is 25.3 Å². The van der Waals surface area contributed by atoms with Crippen molar-refractivity contribution in [3.05, 3.63) is 35.9 Å². The number of carbonyl (C=O) groups excluding carboxylic acids is 1. The zero-order chi connectivity index (χ0) is 17.8. The molecule has 2 aliphatic rings. The average Bonchev–Trinajstić information content (AvgIpc) is 3.02. The predicted octanol–water partition coefficient (Wildman–Crippen LogP) is 1.11. The molecule has 0 bridgehead atoms. The SMILES string of the molecule is CCNC1=N[C@@H]2[C@@H](O)[C@H](O)[C@@H](C(=O)CCCc3ccccc3)O[C@@H]2S1. The highest BCUT2D eigenvalue weighted by Gasteiger charge is 2.50. The topological polar surface area (TPSA) is 91.2 Å². The molecular formula is C18H24N2O4S. The number of hydrogen-bond acceptors (Lipinski definition) is 7. The summed E-state index contributed by atoms with van der Waals surface area (Å²) in [4.78, 5) is 16.8. The van der Waals surface area contributed by atoms with Gasteiger partial charge in [-0.2, -0.15) is 0 Å². The van der Waals surface area contributed by atoms with E-state index in [9.17, 15) is 15.0 Å². The molecule has 3 rings (SSSR count). The van der Waals surface area contributed by atoms with Crippen molar-refractivity contribution in [3.8, 4) is 0 Å². The van der Waals surface area contributed by atoms with Crippen LogP contribution in [0.1, 0.15) is 25.3 Å². The summed E-state index contributed by atoms with van der Waals surface area (Å²) < 4.78 is 5.78. The number of nitrogens with zero attached hydrogens (tertiary/aromatic N) is 1. The number of benzene rings is 1. The molecule has 1 saturated heterocycles. The Kier molecular flexibility index (Phi) is 6.11. The summed E-state index contributed by atoms with van der Waals surface area (Å²) in [6, 6.07) is 9.42. The van der Waals surface area contributed by atoms with Crippen LogP contribution in [-0.4, -0.2) is 57.5 Å². The van der Waals surface area contributed by atoms with Crippen LogP contribution in [-0.2, 0) is 16.0 Å². The number of ether oxygens (including phenoxy) is 1. The zero-order valence-electron chi connectivity index (χ0n) is 14.2. The van der Waals surface area contributed by atoms with Crippen LogP contribution in [0, 0.1) is 0 Å². The molecule has 0 saturated carbocycles. The van der Waals surface area contributed by atoms with Gasteiger partial charge in [-0.3, -0.25) is 9.79 Å². The Hall–Kier alpha value is -1.41. The van der Waals surface area contributed by atoms with Crippen LogP contribution in [0.3, 0.4) is 0 Å². The van der Waals surface area contributed by atoms with Crippen molar-refractivity contribution < 1.29 is 19.7 Å². The van der Waals surface area contributed by atoms with Crippen molar-refractivity contribution in [2.24, 2.45) is 4.99 Å². The highest BCUT2D eigenvalue weighted by molar-refractivity contribution is 8.14. The maximum atomic E-state index is 12.5. The van der Waals surface area contributed by atoms with Crippen LogP contribution in [0.2, 0.25) is 0 Å². The maximum absolute atomic E-state index is 12.5. The molecule has 2 heterocycles. The molecule has 25 heavy (non-hydrogen) atoms. The van der Waals surface area contributed by atoms with Gasteiger partial charge < -0.3 is 20.3 Å². The van der Waals surface area contributed by atoms with Gasteiger partial charge in [-0.15, -0.1) is 0 Å². The van der Waals surface area contributed by atoms with E-state index in [2.05, 4.69) is 10.3 Å². The highest BCUT2D eigenvalue weighted by Crippen LogP contribution is 2.36. The Morgan fingerprint density at radius 3 is 2.76 bits per heavy atom. The Labute approximate surface area is 151 Å². The number of carbonyl (C=O) groups is 1. The summed E-state index contributed by atoms with van der Waals surface area (Å²) in [5.41, 5.74) is 0.742. The third-order valence-corrected chi connectivity index (χ3v) is 5.54. The summed E-state index contributed by atoms with van der Waals surface area (Å²) >= 11 is 1.36. The maximum Gasteiger partial charge on any atom is 0.164 e. The molecule has 2 aliphatic heterocycles. The number of nitrogens with one attached hydrogen (secondary N) is 1. The van der Waals surface area contributed by atoms with E-state index < -0.39 is 29.8 Å². The molecule has 136 valence electrons. The molecule has 6 nitrogen and oxygen atoms in total. The van der Waals surface area contributed by atoms with Crippen LogP contribution >= 0.6 is 11.8 Å². The van der Waals surface area contributed by atoms with Crippen molar-refractivity contribution in [2.45, 2.75) is 56.0 Å². The molecule has 0 radical (unpaired) electrons. The number of fused-ring (bicyclic) bond motifs is 1. The molecule has 0 aromatic heterocycles. The Bertz CT molecular complexity index is 625. The van der Waals surface area contributed by atoms with Gasteiger partial charge in [0.25, 0.3) is 0 Å². The van der Waals surface area contributed by atoms with Gasteiger partial charge in [0.15, 0.2) is 11.0 Å². The fourth-order valence-corrected chi connectivity index (χ4v) is 4.28. The number of aliphatic hydroxyl groups is 2. The molecule has 0 aliphatic carbocycles. The lowest BCUT2D eigenvalue weighted by Gasteiger charge is -2.37. The quantitative estimate of drug-likeness (QED) is 0.700. The van der Waals surface area contributed by atoms with Gasteiger partial charge in [-0.25, -0.2) is 0 Å². The molecule has 0 spiro atoms. The van der Waals surface area contributed by atoms with Crippen LogP contribution in [0.25, 0.3) is 0 Å². The third kappa shape index (κ3) is 4.23. The minimum atomic E-state index is -1.24.